The lowest BCUT2D eigenvalue weighted by Crippen LogP contribution is -2.18. The molecular formula is C10H11BrN4S. The quantitative estimate of drug-likeness (QED) is 0.874. The van der Waals surface area contributed by atoms with Gasteiger partial charge >= 0.3 is 0 Å². The summed E-state index contributed by atoms with van der Waals surface area (Å²) in [6.07, 6.45) is 3.50. The van der Waals surface area contributed by atoms with Gasteiger partial charge < -0.3 is 4.90 Å². The number of hydrogen-bond donors (Lipinski definition) is 0. The molecule has 0 aliphatic carbocycles. The van der Waals surface area contributed by atoms with Crippen LogP contribution in [0.5, 0.6) is 0 Å². The average molecular weight is 299 g/mol. The van der Waals surface area contributed by atoms with E-state index in [2.05, 4.69) is 30.9 Å². The number of hydrogen-bond acceptors (Lipinski definition) is 5. The molecule has 0 aliphatic heterocycles. The second kappa shape index (κ2) is 4.88. The maximum atomic E-state index is 4.24. The zero-order chi connectivity index (χ0) is 11.5. The van der Waals surface area contributed by atoms with E-state index in [9.17, 15) is 0 Å². The van der Waals surface area contributed by atoms with Crippen LogP contribution >= 0.6 is 27.3 Å². The van der Waals surface area contributed by atoms with Crippen molar-refractivity contribution in [1.82, 2.24) is 15.0 Å². The molecule has 0 bridgehead atoms. The number of thiazole rings is 1. The van der Waals surface area contributed by atoms with Crippen LogP contribution in [0.25, 0.3) is 0 Å². The third-order valence-electron chi connectivity index (χ3n) is 2.17. The monoisotopic (exact) mass is 298 g/mol. The van der Waals surface area contributed by atoms with Crippen LogP contribution in [-0.2, 0) is 6.54 Å². The molecular weight excluding hydrogens is 288 g/mol. The van der Waals surface area contributed by atoms with Crippen LogP contribution in [-0.4, -0.2) is 22.0 Å². The van der Waals surface area contributed by atoms with Gasteiger partial charge in [0, 0.05) is 24.3 Å². The molecule has 2 aromatic heterocycles. The van der Waals surface area contributed by atoms with Crippen molar-refractivity contribution in [3.8, 4) is 0 Å². The first-order chi connectivity index (χ1) is 7.66. The Bertz CT molecular complexity index is 468. The smallest absolute Gasteiger partial charge is 0.225 e. The number of nitrogens with zero attached hydrogens (tertiary/aromatic N) is 4. The molecule has 2 aromatic rings. The summed E-state index contributed by atoms with van der Waals surface area (Å²) in [5.74, 6) is 0.719. The minimum atomic E-state index is 0.719. The molecule has 0 unspecified atom stereocenters. The Hall–Kier alpha value is -1.01. The summed E-state index contributed by atoms with van der Waals surface area (Å²) in [6, 6.07) is 0. The molecule has 0 N–H and O–H groups in total. The van der Waals surface area contributed by atoms with Crippen LogP contribution in [0.2, 0.25) is 0 Å². The van der Waals surface area contributed by atoms with Crippen molar-refractivity contribution in [3.05, 3.63) is 32.9 Å². The Balaban J connectivity index is 2.11. The van der Waals surface area contributed by atoms with Gasteiger partial charge in [-0.15, -0.1) is 11.3 Å². The topological polar surface area (TPSA) is 41.9 Å². The van der Waals surface area contributed by atoms with Gasteiger partial charge in [-0.1, -0.05) is 0 Å². The Kier molecular flexibility index (Phi) is 3.50. The van der Waals surface area contributed by atoms with Crippen LogP contribution < -0.4 is 4.90 Å². The van der Waals surface area contributed by atoms with E-state index in [0.29, 0.717) is 0 Å². The van der Waals surface area contributed by atoms with Crippen LogP contribution in [0.3, 0.4) is 0 Å². The third kappa shape index (κ3) is 2.56. The molecule has 0 saturated heterocycles. The number of anilines is 1. The van der Waals surface area contributed by atoms with E-state index in [4.69, 9.17) is 0 Å². The highest BCUT2D eigenvalue weighted by Gasteiger charge is 2.08. The highest BCUT2D eigenvalue weighted by molar-refractivity contribution is 9.10. The standard InChI is InChI=1S/C10H11BrN4S/c1-7-9(16-6-14-7)5-15(2)10-12-3-8(11)4-13-10/h3-4,6H,5H2,1-2H3. The Morgan fingerprint density at radius 2 is 2.00 bits per heavy atom. The molecule has 84 valence electrons. The predicted molar refractivity (Wildman–Crippen MR) is 68.7 cm³/mol. The zero-order valence-electron chi connectivity index (χ0n) is 9.01. The summed E-state index contributed by atoms with van der Waals surface area (Å²) in [5.41, 5.74) is 2.94. The fourth-order valence-corrected chi connectivity index (χ4v) is 2.30. The fourth-order valence-electron chi connectivity index (χ4n) is 1.27. The van der Waals surface area contributed by atoms with Crippen molar-refractivity contribution < 1.29 is 0 Å². The fraction of sp³-hybridized carbons (Fsp3) is 0.300. The minimum Gasteiger partial charge on any atom is -0.339 e. The number of halogens is 1. The Morgan fingerprint density at radius 1 is 1.31 bits per heavy atom. The van der Waals surface area contributed by atoms with Crippen molar-refractivity contribution in [1.29, 1.82) is 0 Å². The van der Waals surface area contributed by atoms with Gasteiger partial charge in [-0.05, 0) is 22.9 Å². The lowest BCUT2D eigenvalue weighted by atomic mass is 10.4. The second-order valence-electron chi connectivity index (χ2n) is 3.42. The zero-order valence-corrected chi connectivity index (χ0v) is 11.4. The van der Waals surface area contributed by atoms with Gasteiger partial charge in [-0.2, -0.15) is 0 Å². The molecule has 0 atom stereocenters. The van der Waals surface area contributed by atoms with E-state index in [1.165, 1.54) is 4.88 Å². The molecule has 0 fully saturated rings. The average Bonchev–Trinajstić information content (AvgIpc) is 2.65. The van der Waals surface area contributed by atoms with E-state index >= 15 is 0 Å². The predicted octanol–water partition coefficient (Wildman–Crippen LogP) is 2.64. The van der Waals surface area contributed by atoms with Crippen molar-refractivity contribution in [2.45, 2.75) is 13.5 Å². The van der Waals surface area contributed by atoms with E-state index < -0.39 is 0 Å². The van der Waals surface area contributed by atoms with Crippen molar-refractivity contribution in [3.63, 3.8) is 0 Å². The largest absolute Gasteiger partial charge is 0.339 e. The molecule has 16 heavy (non-hydrogen) atoms. The van der Waals surface area contributed by atoms with Crippen LogP contribution in [0.1, 0.15) is 10.6 Å². The summed E-state index contributed by atoms with van der Waals surface area (Å²) in [5, 5.41) is 0. The third-order valence-corrected chi connectivity index (χ3v) is 3.50. The van der Waals surface area contributed by atoms with Gasteiger partial charge in [0.1, 0.15) is 0 Å². The van der Waals surface area contributed by atoms with Gasteiger partial charge in [0.25, 0.3) is 0 Å². The molecule has 2 rings (SSSR count). The Labute approximate surface area is 107 Å². The molecule has 0 aromatic carbocycles. The second-order valence-corrected chi connectivity index (χ2v) is 5.27. The molecule has 0 aliphatic rings. The summed E-state index contributed by atoms with van der Waals surface area (Å²) in [6.45, 7) is 2.81. The lowest BCUT2D eigenvalue weighted by molar-refractivity contribution is 0.868. The maximum absolute atomic E-state index is 4.24. The number of rotatable bonds is 3. The molecule has 2 heterocycles. The van der Waals surface area contributed by atoms with Gasteiger partial charge in [0.2, 0.25) is 5.95 Å². The summed E-state index contributed by atoms with van der Waals surface area (Å²) >= 11 is 4.97. The molecule has 6 heteroatoms. The Morgan fingerprint density at radius 3 is 2.56 bits per heavy atom. The first-order valence-corrected chi connectivity index (χ1v) is 6.41. The van der Waals surface area contributed by atoms with Gasteiger partial charge in [-0.3, -0.25) is 0 Å². The highest BCUT2D eigenvalue weighted by Crippen LogP contribution is 2.17. The highest BCUT2D eigenvalue weighted by atomic mass is 79.9. The van der Waals surface area contributed by atoms with E-state index in [0.717, 1.165) is 22.7 Å². The van der Waals surface area contributed by atoms with Crippen LogP contribution in [0, 0.1) is 6.92 Å². The normalized spacial score (nSPS) is 10.4. The first-order valence-electron chi connectivity index (χ1n) is 4.74. The molecule has 4 nitrogen and oxygen atoms in total. The molecule has 0 spiro atoms. The summed E-state index contributed by atoms with van der Waals surface area (Å²) in [7, 11) is 1.97. The lowest BCUT2D eigenvalue weighted by Gasteiger charge is -2.15. The number of aryl methyl sites for hydroxylation is 1. The molecule has 0 amide bonds. The van der Waals surface area contributed by atoms with Gasteiger partial charge in [-0.25, -0.2) is 15.0 Å². The van der Waals surface area contributed by atoms with Crippen molar-refractivity contribution in [2.24, 2.45) is 0 Å². The van der Waals surface area contributed by atoms with E-state index in [1.807, 2.05) is 24.4 Å². The summed E-state index contributed by atoms with van der Waals surface area (Å²) < 4.78 is 0.888. The van der Waals surface area contributed by atoms with Crippen molar-refractivity contribution in [2.75, 3.05) is 11.9 Å². The van der Waals surface area contributed by atoms with Gasteiger partial charge in [0.05, 0.1) is 22.2 Å². The van der Waals surface area contributed by atoms with Crippen LogP contribution in [0.4, 0.5) is 5.95 Å². The molecule has 0 saturated carbocycles. The minimum absolute atomic E-state index is 0.719. The first kappa shape index (κ1) is 11.5. The van der Waals surface area contributed by atoms with Crippen LogP contribution in [0.15, 0.2) is 22.4 Å². The van der Waals surface area contributed by atoms with E-state index in [1.54, 1.807) is 23.7 Å². The molecule has 0 radical (unpaired) electrons. The summed E-state index contributed by atoms with van der Waals surface area (Å²) in [4.78, 5) is 16.0. The SMILES string of the molecule is Cc1ncsc1CN(C)c1ncc(Br)cn1. The van der Waals surface area contributed by atoms with E-state index in [-0.39, 0.29) is 0 Å². The van der Waals surface area contributed by atoms with Gasteiger partial charge in [0.15, 0.2) is 0 Å². The maximum Gasteiger partial charge on any atom is 0.225 e. The number of aromatic nitrogens is 3. The van der Waals surface area contributed by atoms with Crippen molar-refractivity contribution >= 4 is 33.2 Å².